The van der Waals surface area contributed by atoms with Gasteiger partial charge in [-0.1, -0.05) is 6.07 Å². The molecule has 0 atom stereocenters. The van der Waals surface area contributed by atoms with Gasteiger partial charge in [-0.05, 0) is 62.7 Å². The first-order chi connectivity index (χ1) is 17.8. The Kier molecular flexibility index (Phi) is 8.67. The summed E-state index contributed by atoms with van der Waals surface area (Å²) in [5.41, 5.74) is 1.23. The highest BCUT2D eigenvalue weighted by Crippen LogP contribution is 2.33. The minimum Gasteiger partial charge on any atom is -0.473 e. The predicted octanol–water partition coefficient (Wildman–Crippen LogP) is 2.03. The summed E-state index contributed by atoms with van der Waals surface area (Å²) in [5.74, 6) is 0.485. The monoisotopic (exact) mass is 515 g/mol. The van der Waals surface area contributed by atoms with E-state index in [4.69, 9.17) is 33.7 Å². The molecular formula is C26H33N3O8. The Morgan fingerprint density at radius 3 is 2.11 bits per heavy atom. The summed E-state index contributed by atoms with van der Waals surface area (Å²) < 4.78 is 16.6. The van der Waals surface area contributed by atoms with Gasteiger partial charge in [-0.25, -0.2) is 9.59 Å². The summed E-state index contributed by atoms with van der Waals surface area (Å²) in [5, 5.41) is 14.8. The van der Waals surface area contributed by atoms with Gasteiger partial charge < -0.3 is 29.0 Å². The highest BCUT2D eigenvalue weighted by Gasteiger charge is 2.30. The fourth-order valence-corrected chi connectivity index (χ4v) is 4.81. The fourth-order valence-electron chi connectivity index (χ4n) is 4.81. The number of carboxylic acid groups (broad SMARTS) is 2. The molecule has 0 bridgehead atoms. The molecule has 3 aliphatic heterocycles. The molecular weight excluding hydrogens is 482 g/mol. The lowest BCUT2D eigenvalue weighted by Crippen LogP contribution is -2.51. The number of benzene rings is 1. The molecule has 0 radical (unpaired) electrons. The number of rotatable bonds is 5. The van der Waals surface area contributed by atoms with E-state index in [9.17, 15) is 4.79 Å². The predicted molar refractivity (Wildman–Crippen MR) is 131 cm³/mol. The Morgan fingerprint density at radius 2 is 1.49 bits per heavy atom. The number of hydrogen-bond donors (Lipinski definition) is 2. The van der Waals surface area contributed by atoms with E-state index in [1.807, 2.05) is 19.1 Å². The fraction of sp³-hybridized carbons (Fsp3) is 0.500. The number of carbonyl (C=O) groups excluding carboxylic acids is 1. The van der Waals surface area contributed by atoms with Crippen LogP contribution in [0.15, 0.2) is 34.7 Å². The van der Waals surface area contributed by atoms with Crippen LogP contribution in [0.1, 0.15) is 29.9 Å². The van der Waals surface area contributed by atoms with Gasteiger partial charge in [0.05, 0.1) is 6.54 Å². The van der Waals surface area contributed by atoms with E-state index in [1.165, 1.54) is 5.56 Å². The van der Waals surface area contributed by atoms with Crippen LogP contribution in [0, 0.1) is 12.8 Å². The van der Waals surface area contributed by atoms with Crippen LogP contribution in [0.25, 0.3) is 0 Å². The lowest BCUT2D eigenvalue weighted by molar-refractivity contribution is -0.159. The molecule has 5 rings (SSSR count). The van der Waals surface area contributed by atoms with Crippen molar-refractivity contribution in [3.63, 3.8) is 0 Å². The van der Waals surface area contributed by atoms with Crippen molar-refractivity contribution in [1.82, 2.24) is 14.7 Å². The molecule has 0 aliphatic carbocycles. The molecule has 200 valence electrons. The minimum absolute atomic E-state index is 0.162. The first kappa shape index (κ1) is 26.5. The molecule has 1 aromatic carbocycles. The van der Waals surface area contributed by atoms with E-state index in [1.54, 1.807) is 0 Å². The highest BCUT2D eigenvalue weighted by atomic mass is 16.7. The maximum Gasteiger partial charge on any atom is 0.414 e. The highest BCUT2D eigenvalue weighted by molar-refractivity contribution is 6.27. The Hall–Kier alpha value is -3.57. The van der Waals surface area contributed by atoms with Gasteiger partial charge in [0, 0.05) is 38.6 Å². The van der Waals surface area contributed by atoms with Gasteiger partial charge in [0.1, 0.15) is 11.5 Å². The molecule has 1 aromatic heterocycles. The molecule has 0 unspecified atom stereocenters. The molecule has 1 amide bonds. The summed E-state index contributed by atoms with van der Waals surface area (Å²) in [4.78, 5) is 38.1. The Bertz CT molecular complexity index is 1090. The second-order valence-electron chi connectivity index (χ2n) is 9.46. The summed E-state index contributed by atoms with van der Waals surface area (Å²) in [7, 11) is 0. The Labute approximate surface area is 215 Å². The number of aliphatic carboxylic acids is 2. The lowest BCUT2D eigenvalue weighted by atomic mass is 9.95. The molecule has 4 heterocycles. The number of piperidine rings is 1. The average Bonchev–Trinajstić information content (AvgIpc) is 3.53. The van der Waals surface area contributed by atoms with Crippen molar-refractivity contribution in [2.24, 2.45) is 5.92 Å². The maximum atomic E-state index is 13.1. The van der Waals surface area contributed by atoms with E-state index < -0.39 is 11.9 Å². The standard InChI is InChI=1S/C24H31N3O4.C2H2O4/c1-18-2-4-21(31-18)16-25-8-6-20(7-9-25)24(28)27-12-10-26(11-13-27)15-19-3-5-22-23(14-19)30-17-29-22;3-1(4)2(5)6/h2-5,14,20H,6-13,15-17H2,1H3;(H,3,4)(H,5,6). The second kappa shape index (κ2) is 12.1. The van der Waals surface area contributed by atoms with Crippen molar-refractivity contribution in [1.29, 1.82) is 0 Å². The lowest BCUT2D eigenvalue weighted by Gasteiger charge is -2.38. The summed E-state index contributed by atoms with van der Waals surface area (Å²) in [6.07, 6.45) is 1.88. The number of furan rings is 1. The molecule has 37 heavy (non-hydrogen) atoms. The SMILES string of the molecule is Cc1ccc(CN2CCC(C(=O)N3CCN(Cc4ccc5c(c4)OCO5)CC3)CC2)o1.O=C(O)C(=O)O. The van der Waals surface area contributed by atoms with Gasteiger partial charge in [-0.2, -0.15) is 0 Å². The quantitative estimate of drug-likeness (QED) is 0.570. The largest absolute Gasteiger partial charge is 0.473 e. The third-order valence-corrected chi connectivity index (χ3v) is 6.82. The van der Waals surface area contributed by atoms with Crippen LogP contribution in [-0.4, -0.2) is 88.8 Å². The van der Waals surface area contributed by atoms with Crippen molar-refractivity contribution in [3.05, 3.63) is 47.4 Å². The first-order valence-corrected chi connectivity index (χ1v) is 12.4. The van der Waals surface area contributed by atoms with Crippen LogP contribution in [0.5, 0.6) is 11.5 Å². The average molecular weight is 516 g/mol. The zero-order valence-electron chi connectivity index (χ0n) is 20.9. The topological polar surface area (TPSA) is 133 Å². The molecule has 2 aromatic rings. The van der Waals surface area contributed by atoms with Gasteiger partial charge in [0.25, 0.3) is 0 Å². The number of carboxylic acids is 2. The molecule has 2 fully saturated rings. The number of aryl methyl sites for hydroxylation is 1. The van der Waals surface area contributed by atoms with E-state index >= 15 is 0 Å². The van der Waals surface area contributed by atoms with Crippen molar-refractivity contribution in [3.8, 4) is 11.5 Å². The first-order valence-electron chi connectivity index (χ1n) is 12.4. The zero-order valence-corrected chi connectivity index (χ0v) is 20.9. The number of likely N-dealkylation sites (tertiary alicyclic amines) is 1. The molecule has 0 spiro atoms. The van der Waals surface area contributed by atoms with Gasteiger partial charge >= 0.3 is 11.9 Å². The van der Waals surface area contributed by atoms with E-state index in [2.05, 4.69) is 32.9 Å². The summed E-state index contributed by atoms with van der Waals surface area (Å²) >= 11 is 0. The molecule has 11 nitrogen and oxygen atoms in total. The van der Waals surface area contributed by atoms with Gasteiger partial charge in [0.15, 0.2) is 11.5 Å². The van der Waals surface area contributed by atoms with E-state index in [0.29, 0.717) is 12.7 Å². The molecule has 2 N–H and O–H groups in total. The Morgan fingerprint density at radius 1 is 0.838 bits per heavy atom. The number of carbonyl (C=O) groups is 3. The van der Waals surface area contributed by atoms with Gasteiger partial charge in [-0.15, -0.1) is 0 Å². The molecule has 11 heteroatoms. The van der Waals surface area contributed by atoms with Gasteiger partial charge in [0.2, 0.25) is 12.7 Å². The maximum absolute atomic E-state index is 13.1. The van der Waals surface area contributed by atoms with Crippen molar-refractivity contribution < 1.29 is 38.5 Å². The normalized spacial score (nSPS) is 18.2. The van der Waals surface area contributed by atoms with Crippen molar-refractivity contribution in [2.75, 3.05) is 46.1 Å². The summed E-state index contributed by atoms with van der Waals surface area (Å²) in [6.45, 7) is 9.37. The van der Waals surface area contributed by atoms with Crippen LogP contribution in [0.3, 0.4) is 0 Å². The van der Waals surface area contributed by atoms with Crippen LogP contribution < -0.4 is 9.47 Å². The van der Waals surface area contributed by atoms with Crippen molar-refractivity contribution >= 4 is 17.8 Å². The molecule has 0 saturated carbocycles. The minimum atomic E-state index is -1.82. The smallest absolute Gasteiger partial charge is 0.414 e. The number of hydrogen-bond acceptors (Lipinski definition) is 8. The number of amides is 1. The zero-order chi connectivity index (χ0) is 26.4. The Balaban J connectivity index is 0.000000480. The van der Waals surface area contributed by atoms with E-state index in [0.717, 1.165) is 88.2 Å². The molecule has 2 saturated heterocycles. The van der Waals surface area contributed by atoms with Crippen LogP contribution in [0.4, 0.5) is 0 Å². The van der Waals surface area contributed by atoms with Crippen LogP contribution in [0.2, 0.25) is 0 Å². The van der Waals surface area contributed by atoms with Gasteiger partial charge in [-0.3, -0.25) is 14.6 Å². The number of fused-ring (bicyclic) bond motifs is 1. The van der Waals surface area contributed by atoms with Crippen LogP contribution in [-0.2, 0) is 27.5 Å². The summed E-state index contributed by atoms with van der Waals surface area (Å²) in [6, 6.07) is 10.2. The third kappa shape index (κ3) is 7.23. The van der Waals surface area contributed by atoms with E-state index in [-0.39, 0.29) is 5.92 Å². The molecule has 3 aliphatic rings. The number of piperazine rings is 1. The second-order valence-corrected chi connectivity index (χ2v) is 9.46. The third-order valence-electron chi connectivity index (χ3n) is 6.82. The number of ether oxygens (including phenoxy) is 2. The number of nitrogens with zero attached hydrogens (tertiary/aromatic N) is 3. The van der Waals surface area contributed by atoms with Crippen LogP contribution >= 0.6 is 0 Å². The van der Waals surface area contributed by atoms with Crippen molar-refractivity contribution in [2.45, 2.75) is 32.9 Å².